The van der Waals surface area contributed by atoms with E-state index in [0.717, 1.165) is 88.1 Å². The Morgan fingerprint density at radius 2 is 0.402 bits per heavy atom. The van der Waals surface area contributed by atoms with Crippen molar-refractivity contribution < 1.29 is 13.3 Å². The molecule has 0 spiro atoms. The number of hydrogen-bond donors (Lipinski definition) is 0. The van der Waals surface area contributed by atoms with Crippen molar-refractivity contribution in [2.45, 2.75) is 11.8 Å². The fourth-order valence-electron chi connectivity index (χ4n) is 15.9. The molecule has 0 aliphatic rings. The van der Waals surface area contributed by atoms with Crippen molar-refractivity contribution in [3.8, 4) is 89.0 Å². The number of rotatable bonds is 14. The van der Waals surface area contributed by atoms with Crippen LogP contribution in [0.1, 0.15) is 45.2 Å². The topological polar surface area (TPSA) is 39.4 Å². The highest BCUT2D eigenvalue weighted by Gasteiger charge is 2.23. The molecule has 0 N–H and O–H groups in total. The third-order valence-corrected chi connectivity index (χ3v) is 21.3. The quantitative estimate of drug-likeness (QED) is 0.102. The fraction of sp³-hybridized carbons (Fsp3) is 0.0192. The van der Waals surface area contributed by atoms with Crippen molar-refractivity contribution in [2.75, 3.05) is 0 Å². The van der Waals surface area contributed by atoms with Crippen molar-refractivity contribution in [2.24, 2.45) is 0 Å². The summed E-state index contributed by atoms with van der Waals surface area (Å²) < 4.78 is 19.2. The molecule has 0 saturated heterocycles. The smallest absolute Gasteiger partial charge is 0.143 e. The van der Waals surface area contributed by atoms with Gasteiger partial charge in [-0.15, -0.1) is 0 Å². The Morgan fingerprint density at radius 1 is 0.140 bits per heavy atom. The number of fused-ring (bicyclic) bond motifs is 9. The number of hydrogen-bond acceptors (Lipinski definition) is 3. The largest absolute Gasteiger partial charge is 0.456 e. The first-order valence-corrected chi connectivity index (χ1v) is 36.7. The van der Waals surface area contributed by atoms with Crippen LogP contribution in [-0.2, 0) is 0 Å². The number of para-hydroxylation sites is 5. The summed E-state index contributed by atoms with van der Waals surface area (Å²) in [5, 5.41) is 6.81. The lowest BCUT2D eigenvalue weighted by molar-refractivity contribution is 0.669. The molecule has 0 bridgehead atoms. The van der Waals surface area contributed by atoms with E-state index in [4.69, 9.17) is 13.3 Å². The summed E-state index contributed by atoms with van der Waals surface area (Å²) in [4.78, 5) is 0. The highest BCUT2D eigenvalue weighted by molar-refractivity contribution is 6.11. The van der Waals surface area contributed by atoms with E-state index in [2.05, 4.69) is 376 Å². The van der Waals surface area contributed by atoms with Crippen LogP contribution in [0.25, 0.3) is 155 Å². The van der Waals surface area contributed by atoms with Gasteiger partial charge in [-0.2, -0.15) is 0 Å². The molecule has 0 amide bonds. The van der Waals surface area contributed by atoms with Crippen LogP contribution in [0.3, 0.4) is 0 Å². The van der Waals surface area contributed by atoms with Crippen LogP contribution in [0, 0.1) is 0 Å². The van der Waals surface area contributed by atoms with Gasteiger partial charge < -0.3 is 13.3 Å². The van der Waals surface area contributed by atoms with E-state index in [9.17, 15) is 0 Å². The van der Waals surface area contributed by atoms with Crippen molar-refractivity contribution in [1.29, 1.82) is 0 Å². The first-order valence-electron chi connectivity index (χ1n) is 36.7. The Hall–Kier alpha value is -13.9. The van der Waals surface area contributed by atoms with E-state index in [0.29, 0.717) is 0 Å². The Labute approximate surface area is 621 Å². The highest BCUT2D eigenvalue weighted by Crippen LogP contribution is 2.44. The van der Waals surface area contributed by atoms with Gasteiger partial charge in [0.15, 0.2) is 0 Å². The van der Waals surface area contributed by atoms with Crippen molar-refractivity contribution in [3.05, 3.63) is 446 Å². The predicted molar refractivity (Wildman–Crippen MR) is 446 cm³/mol. The Kier molecular flexibility index (Phi) is 16.8. The summed E-state index contributed by atoms with van der Waals surface area (Å²) in [6.07, 6.45) is 0. The standard InChI is InChI=1S/C55H36O2.C49H34O/c1-2-13-36(14-3-1)39-15-8-16-40(33-39)37-29-31-38(32-30-37)53(43-19-9-17-41(34-43)45-23-11-25-49-47-21-4-6-27-51(47)56-54(45)49)44-20-10-18-42(35-44)46-24-12-26-50-48-22-5-7-28-52(48)57-55(46)50;1-3-10-34(11-4-1)36-18-20-38(21-19-36)39-24-28-41(29-25-39)49(40-26-22-37(23-27-40)35-12-5-2-6-13-35)44-15-9-14-42(32-44)43-30-31-48-46(33-43)45-16-7-8-17-47(45)50-48/h1-35,53H;1-33,49H. The summed E-state index contributed by atoms with van der Waals surface area (Å²) >= 11 is 0. The molecule has 17 aromatic carbocycles. The molecule has 107 heavy (non-hydrogen) atoms. The molecule has 0 fully saturated rings. The second kappa shape index (κ2) is 28.1. The molecule has 3 heterocycles. The van der Waals surface area contributed by atoms with Gasteiger partial charge in [0.05, 0.1) is 0 Å². The molecule has 20 aromatic rings. The molecule has 0 aliphatic carbocycles. The van der Waals surface area contributed by atoms with E-state index in [1.54, 1.807) is 0 Å². The van der Waals surface area contributed by atoms with E-state index >= 15 is 0 Å². The molecule has 3 heteroatoms. The summed E-state index contributed by atoms with van der Waals surface area (Å²) in [6, 6.07) is 148. The van der Waals surface area contributed by atoms with E-state index in [1.807, 2.05) is 36.4 Å². The van der Waals surface area contributed by atoms with Gasteiger partial charge in [-0.25, -0.2) is 0 Å². The molecule has 20 rings (SSSR count). The van der Waals surface area contributed by atoms with Gasteiger partial charge in [0.25, 0.3) is 0 Å². The minimum absolute atomic E-state index is 0.0423. The zero-order valence-electron chi connectivity index (χ0n) is 58.6. The zero-order chi connectivity index (χ0) is 71.0. The summed E-state index contributed by atoms with van der Waals surface area (Å²) in [5.74, 6) is 0.0205. The van der Waals surface area contributed by atoms with Crippen LogP contribution in [0.4, 0.5) is 0 Å². The highest BCUT2D eigenvalue weighted by atomic mass is 16.3. The van der Waals surface area contributed by atoms with Crippen molar-refractivity contribution >= 4 is 65.8 Å². The molecular formula is C104H70O3. The molecule has 0 radical (unpaired) electrons. The van der Waals surface area contributed by atoms with E-state index in [-0.39, 0.29) is 11.8 Å². The van der Waals surface area contributed by atoms with Gasteiger partial charge in [-0.1, -0.05) is 376 Å². The Morgan fingerprint density at radius 3 is 0.841 bits per heavy atom. The maximum Gasteiger partial charge on any atom is 0.143 e. The third kappa shape index (κ3) is 12.6. The van der Waals surface area contributed by atoms with Gasteiger partial charge in [-0.3, -0.25) is 0 Å². The minimum Gasteiger partial charge on any atom is -0.456 e. The average molecular weight is 1370 g/mol. The van der Waals surface area contributed by atoms with E-state index in [1.165, 1.54) is 100 Å². The van der Waals surface area contributed by atoms with Crippen molar-refractivity contribution in [1.82, 2.24) is 0 Å². The van der Waals surface area contributed by atoms with E-state index < -0.39 is 0 Å². The van der Waals surface area contributed by atoms with Crippen LogP contribution >= 0.6 is 0 Å². The lowest BCUT2D eigenvalue weighted by atomic mass is 9.82. The second-order valence-electron chi connectivity index (χ2n) is 27.7. The van der Waals surface area contributed by atoms with Gasteiger partial charge in [0, 0.05) is 55.3 Å². The van der Waals surface area contributed by atoms with Gasteiger partial charge in [0.1, 0.15) is 33.5 Å². The average Bonchev–Trinajstić information content (AvgIpc) is 0.822. The zero-order valence-corrected chi connectivity index (χ0v) is 58.6. The summed E-state index contributed by atoms with van der Waals surface area (Å²) in [6.45, 7) is 0. The molecule has 1 atom stereocenters. The first kappa shape index (κ1) is 64.0. The van der Waals surface area contributed by atoms with Crippen LogP contribution in [0.2, 0.25) is 0 Å². The molecule has 0 saturated carbocycles. The summed E-state index contributed by atoms with van der Waals surface area (Å²) in [5.41, 5.74) is 31.8. The minimum atomic E-state index is -0.0423. The molecule has 3 nitrogen and oxygen atoms in total. The van der Waals surface area contributed by atoms with Gasteiger partial charge in [-0.05, 0) is 148 Å². The van der Waals surface area contributed by atoms with Gasteiger partial charge in [0.2, 0.25) is 0 Å². The third-order valence-electron chi connectivity index (χ3n) is 21.3. The van der Waals surface area contributed by atoms with Crippen molar-refractivity contribution in [3.63, 3.8) is 0 Å². The molecule has 0 aliphatic heterocycles. The molecule has 3 aromatic heterocycles. The van der Waals surface area contributed by atoms with Crippen LogP contribution in [0.15, 0.2) is 426 Å². The second-order valence-corrected chi connectivity index (χ2v) is 27.7. The first-order chi connectivity index (χ1) is 53.0. The normalized spacial score (nSPS) is 11.8. The summed E-state index contributed by atoms with van der Waals surface area (Å²) in [7, 11) is 0. The van der Waals surface area contributed by atoms with Gasteiger partial charge >= 0.3 is 0 Å². The lowest BCUT2D eigenvalue weighted by Crippen LogP contribution is -2.04. The lowest BCUT2D eigenvalue weighted by Gasteiger charge is -2.21. The Balaban J connectivity index is 0.000000147. The number of benzene rings is 17. The van der Waals surface area contributed by atoms with Crippen LogP contribution in [-0.4, -0.2) is 0 Å². The maximum absolute atomic E-state index is 6.51. The van der Waals surface area contributed by atoms with Crippen LogP contribution in [0.5, 0.6) is 0 Å². The monoisotopic (exact) mass is 1370 g/mol. The Bertz CT molecular complexity index is 6420. The molecular weight excluding hydrogens is 1300 g/mol. The number of furan rings is 3. The SMILES string of the molecule is c1ccc(-c2ccc(-c3ccc(C(c4ccc(-c5ccccc5)cc4)c4cccc(-c5ccc6oc7ccccc7c6c5)c4)cc3)cc2)cc1.c1ccc(-c2cccc(-c3ccc(C(c4cccc(-c5cccc6c5oc5ccccc56)c4)c4cccc(-c5cccc6c5oc5ccccc56)c4)cc3)c2)cc1. The molecule has 1 unspecified atom stereocenters. The van der Waals surface area contributed by atoms with Crippen LogP contribution < -0.4 is 0 Å². The fourth-order valence-corrected chi connectivity index (χ4v) is 15.9. The maximum atomic E-state index is 6.51. The predicted octanol–water partition coefficient (Wildman–Crippen LogP) is 28.8. The molecule has 504 valence electrons.